The molecule has 4 nitrogen and oxygen atoms in total. The van der Waals surface area contributed by atoms with Gasteiger partial charge in [0.2, 0.25) is 0 Å². The molecule has 1 aliphatic carbocycles. The smallest absolute Gasteiger partial charge is 0.338 e. The summed E-state index contributed by atoms with van der Waals surface area (Å²) in [5.74, 6) is 0.248. The topological polar surface area (TPSA) is 55.4 Å². The molecule has 1 saturated carbocycles. The van der Waals surface area contributed by atoms with E-state index in [1.54, 1.807) is 12.1 Å². The molecule has 1 aromatic rings. The fourth-order valence-corrected chi connectivity index (χ4v) is 3.00. The number of benzene rings is 1. The van der Waals surface area contributed by atoms with Gasteiger partial charge in [-0.15, -0.1) is 0 Å². The van der Waals surface area contributed by atoms with Crippen LogP contribution in [0.2, 0.25) is 0 Å². The summed E-state index contributed by atoms with van der Waals surface area (Å²) in [6.45, 7) is 6.15. The molecule has 4 heteroatoms. The Hall–Kier alpha value is -1.84. The Morgan fingerprint density at radius 2 is 1.83 bits per heavy atom. The zero-order chi connectivity index (χ0) is 16.8. The van der Waals surface area contributed by atoms with Gasteiger partial charge in [0.1, 0.15) is 0 Å². The third-order valence-corrected chi connectivity index (χ3v) is 4.61. The maximum Gasteiger partial charge on any atom is 0.338 e. The molecule has 0 spiro atoms. The summed E-state index contributed by atoms with van der Waals surface area (Å²) in [5, 5.41) is 2.98. The van der Waals surface area contributed by atoms with Crippen LogP contribution < -0.4 is 5.32 Å². The highest BCUT2D eigenvalue weighted by Crippen LogP contribution is 2.23. The highest BCUT2D eigenvalue weighted by atomic mass is 16.5. The van der Waals surface area contributed by atoms with Gasteiger partial charge >= 0.3 is 5.97 Å². The van der Waals surface area contributed by atoms with Gasteiger partial charge in [0.15, 0.2) is 6.61 Å². The number of ether oxygens (including phenoxy) is 1. The molecule has 0 heterocycles. The lowest BCUT2D eigenvalue weighted by Crippen LogP contribution is -2.42. The van der Waals surface area contributed by atoms with Crippen LogP contribution in [0.1, 0.15) is 68.3 Å². The van der Waals surface area contributed by atoms with Gasteiger partial charge in [-0.2, -0.15) is 0 Å². The zero-order valence-electron chi connectivity index (χ0n) is 14.3. The molecule has 0 aliphatic heterocycles. The minimum Gasteiger partial charge on any atom is -0.452 e. The number of amides is 1. The van der Waals surface area contributed by atoms with Crippen molar-refractivity contribution < 1.29 is 14.3 Å². The van der Waals surface area contributed by atoms with E-state index in [-0.39, 0.29) is 18.6 Å². The van der Waals surface area contributed by atoms with Gasteiger partial charge in [-0.05, 0) is 42.4 Å². The Morgan fingerprint density at radius 1 is 1.17 bits per heavy atom. The standard InChI is InChI=1S/C19H27NO3/c1-13(2)15-8-10-16(11-9-15)19(22)23-12-18(21)20-17-7-5-4-6-14(17)3/h8-11,13-14,17H,4-7,12H2,1-3H3,(H,20,21)/t14-,17+/m1/s1. The van der Waals surface area contributed by atoms with Crippen LogP contribution in [0, 0.1) is 5.92 Å². The fourth-order valence-electron chi connectivity index (χ4n) is 3.00. The fraction of sp³-hybridized carbons (Fsp3) is 0.579. The Balaban J connectivity index is 1.80. The van der Waals surface area contributed by atoms with Gasteiger partial charge in [-0.25, -0.2) is 4.79 Å². The molecule has 0 radical (unpaired) electrons. The summed E-state index contributed by atoms with van der Waals surface area (Å²) < 4.78 is 5.12. The van der Waals surface area contributed by atoms with Crippen molar-refractivity contribution in [3.63, 3.8) is 0 Å². The minimum atomic E-state index is -0.452. The number of carbonyl (C=O) groups excluding carboxylic acids is 2. The molecule has 1 amide bonds. The molecular formula is C19H27NO3. The number of rotatable bonds is 5. The summed E-state index contributed by atoms with van der Waals surface area (Å²) >= 11 is 0. The normalized spacial score (nSPS) is 21.0. The Kier molecular flexibility index (Phi) is 6.20. The predicted octanol–water partition coefficient (Wildman–Crippen LogP) is 3.66. The lowest BCUT2D eigenvalue weighted by molar-refractivity contribution is -0.125. The first kappa shape index (κ1) is 17.5. The largest absolute Gasteiger partial charge is 0.452 e. The second-order valence-corrected chi connectivity index (χ2v) is 6.79. The summed E-state index contributed by atoms with van der Waals surface area (Å²) in [7, 11) is 0. The second kappa shape index (κ2) is 8.14. The average molecular weight is 317 g/mol. The summed E-state index contributed by atoms with van der Waals surface area (Å²) in [4.78, 5) is 23.9. The van der Waals surface area contributed by atoms with E-state index in [9.17, 15) is 9.59 Å². The van der Waals surface area contributed by atoms with Crippen molar-refractivity contribution >= 4 is 11.9 Å². The minimum absolute atomic E-state index is 0.209. The number of nitrogens with one attached hydrogen (secondary N) is 1. The number of hydrogen-bond donors (Lipinski definition) is 1. The quantitative estimate of drug-likeness (QED) is 0.843. The van der Waals surface area contributed by atoms with E-state index in [1.165, 1.54) is 12.0 Å². The second-order valence-electron chi connectivity index (χ2n) is 6.79. The number of hydrogen-bond acceptors (Lipinski definition) is 3. The molecule has 1 fully saturated rings. The van der Waals surface area contributed by atoms with E-state index < -0.39 is 5.97 Å². The van der Waals surface area contributed by atoms with Gasteiger partial charge in [0.05, 0.1) is 5.56 Å². The summed E-state index contributed by atoms with van der Waals surface area (Å²) in [5.41, 5.74) is 1.65. The van der Waals surface area contributed by atoms with Crippen molar-refractivity contribution in [2.75, 3.05) is 6.61 Å². The monoisotopic (exact) mass is 317 g/mol. The first-order chi connectivity index (χ1) is 11.0. The number of esters is 1. The Bertz CT molecular complexity index is 536. The summed E-state index contributed by atoms with van der Waals surface area (Å²) in [6.07, 6.45) is 4.54. The van der Waals surface area contributed by atoms with Crippen molar-refractivity contribution in [2.45, 2.75) is 58.4 Å². The highest BCUT2D eigenvalue weighted by Gasteiger charge is 2.23. The van der Waals surface area contributed by atoms with Gasteiger partial charge in [0, 0.05) is 6.04 Å². The first-order valence-electron chi connectivity index (χ1n) is 8.54. The molecule has 1 aliphatic rings. The van der Waals surface area contributed by atoms with E-state index in [2.05, 4.69) is 26.1 Å². The lowest BCUT2D eigenvalue weighted by atomic mass is 9.86. The zero-order valence-corrected chi connectivity index (χ0v) is 14.3. The van der Waals surface area contributed by atoms with Crippen molar-refractivity contribution in [3.05, 3.63) is 35.4 Å². The molecule has 0 bridgehead atoms. The van der Waals surface area contributed by atoms with E-state index in [0.29, 0.717) is 17.4 Å². The molecule has 23 heavy (non-hydrogen) atoms. The molecule has 1 aromatic carbocycles. The molecule has 2 atom stereocenters. The van der Waals surface area contributed by atoms with Gasteiger partial charge < -0.3 is 10.1 Å². The van der Waals surface area contributed by atoms with Crippen LogP contribution in [0.3, 0.4) is 0 Å². The maximum atomic E-state index is 12.0. The predicted molar refractivity (Wildman–Crippen MR) is 90.4 cm³/mol. The van der Waals surface area contributed by atoms with Crippen molar-refractivity contribution in [3.8, 4) is 0 Å². The van der Waals surface area contributed by atoms with Crippen LogP contribution in [0.25, 0.3) is 0 Å². The summed E-state index contributed by atoms with van der Waals surface area (Å²) in [6, 6.07) is 7.55. The third-order valence-electron chi connectivity index (χ3n) is 4.61. The first-order valence-corrected chi connectivity index (χ1v) is 8.54. The molecule has 126 valence electrons. The maximum absolute atomic E-state index is 12.0. The van der Waals surface area contributed by atoms with Gasteiger partial charge in [-0.1, -0.05) is 45.7 Å². The Labute approximate surface area is 138 Å². The van der Waals surface area contributed by atoms with E-state index in [4.69, 9.17) is 4.74 Å². The molecule has 0 saturated heterocycles. The molecule has 0 unspecified atom stereocenters. The van der Waals surface area contributed by atoms with Gasteiger partial charge in [-0.3, -0.25) is 4.79 Å². The van der Waals surface area contributed by atoms with Crippen LogP contribution >= 0.6 is 0 Å². The molecule has 1 N–H and O–H groups in total. The average Bonchev–Trinajstić information content (AvgIpc) is 2.55. The van der Waals surface area contributed by atoms with Crippen LogP contribution in [-0.2, 0) is 9.53 Å². The van der Waals surface area contributed by atoms with Crippen molar-refractivity contribution in [1.82, 2.24) is 5.32 Å². The molecular weight excluding hydrogens is 290 g/mol. The number of carbonyl (C=O) groups is 2. The van der Waals surface area contributed by atoms with Crippen LogP contribution in [0.4, 0.5) is 0 Å². The van der Waals surface area contributed by atoms with Crippen LogP contribution in [-0.4, -0.2) is 24.5 Å². The van der Waals surface area contributed by atoms with Crippen LogP contribution in [0.15, 0.2) is 24.3 Å². The highest BCUT2D eigenvalue weighted by molar-refractivity contribution is 5.91. The van der Waals surface area contributed by atoms with Crippen molar-refractivity contribution in [2.24, 2.45) is 5.92 Å². The van der Waals surface area contributed by atoms with Crippen molar-refractivity contribution in [1.29, 1.82) is 0 Å². The van der Waals surface area contributed by atoms with Crippen LogP contribution in [0.5, 0.6) is 0 Å². The Morgan fingerprint density at radius 3 is 2.43 bits per heavy atom. The van der Waals surface area contributed by atoms with E-state index in [1.807, 2.05) is 12.1 Å². The third kappa shape index (κ3) is 5.08. The lowest BCUT2D eigenvalue weighted by Gasteiger charge is -2.29. The van der Waals surface area contributed by atoms with Gasteiger partial charge in [0.25, 0.3) is 5.91 Å². The van der Waals surface area contributed by atoms with E-state index >= 15 is 0 Å². The molecule has 2 rings (SSSR count). The van der Waals surface area contributed by atoms with E-state index in [0.717, 1.165) is 19.3 Å². The SMILES string of the molecule is CC(C)c1ccc(C(=O)OCC(=O)N[C@H]2CCCC[C@H]2C)cc1. The molecule has 0 aromatic heterocycles.